The van der Waals surface area contributed by atoms with Crippen LogP contribution in [0.5, 0.6) is 5.75 Å². The van der Waals surface area contributed by atoms with Gasteiger partial charge in [-0.1, -0.05) is 31.9 Å². The predicted octanol–water partition coefficient (Wildman–Crippen LogP) is 3.47. The maximum absolute atomic E-state index is 12.5. The molecule has 0 bridgehead atoms. The lowest BCUT2D eigenvalue weighted by Crippen LogP contribution is -2.47. The first kappa shape index (κ1) is 17.8. The average Bonchev–Trinajstić information content (AvgIpc) is 2.59. The second kappa shape index (κ2) is 9.56. The Morgan fingerprint density at radius 2 is 2.13 bits per heavy atom. The van der Waals surface area contributed by atoms with Crippen molar-refractivity contribution in [2.45, 2.75) is 52.0 Å². The Morgan fingerprint density at radius 1 is 1.30 bits per heavy atom. The third-order valence-electron chi connectivity index (χ3n) is 4.48. The van der Waals surface area contributed by atoms with E-state index in [1.807, 2.05) is 31.2 Å². The Morgan fingerprint density at radius 3 is 2.91 bits per heavy atom. The zero-order valence-electron chi connectivity index (χ0n) is 14.5. The van der Waals surface area contributed by atoms with Crippen LogP contribution in [0.15, 0.2) is 24.3 Å². The first-order valence-electron chi connectivity index (χ1n) is 9.00. The van der Waals surface area contributed by atoms with Crippen LogP contribution in [0.2, 0.25) is 0 Å². The van der Waals surface area contributed by atoms with Gasteiger partial charge >= 0.3 is 0 Å². The normalized spacial score (nSPS) is 18.6. The molecule has 4 nitrogen and oxygen atoms in total. The Kier molecular flexibility index (Phi) is 7.40. The van der Waals surface area contributed by atoms with Crippen molar-refractivity contribution in [3.8, 4) is 5.75 Å². The van der Waals surface area contributed by atoms with Crippen LogP contribution in [0.3, 0.4) is 0 Å². The molecule has 0 aromatic heterocycles. The fraction of sp³-hybridized carbons (Fsp3) is 0.632. The average molecular weight is 318 g/mol. The van der Waals surface area contributed by atoms with E-state index < -0.39 is 0 Å². The van der Waals surface area contributed by atoms with Crippen molar-refractivity contribution >= 4 is 5.91 Å². The van der Waals surface area contributed by atoms with E-state index in [0.29, 0.717) is 24.0 Å². The number of nitrogens with zero attached hydrogens (tertiary/aromatic N) is 1. The molecule has 128 valence electrons. The number of ether oxygens (including phenoxy) is 1. The zero-order chi connectivity index (χ0) is 16.5. The molecule has 23 heavy (non-hydrogen) atoms. The van der Waals surface area contributed by atoms with Crippen molar-refractivity contribution in [1.29, 1.82) is 0 Å². The summed E-state index contributed by atoms with van der Waals surface area (Å²) in [6.07, 6.45) is 6.17. The van der Waals surface area contributed by atoms with E-state index in [4.69, 9.17) is 4.74 Å². The van der Waals surface area contributed by atoms with E-state index in [9.17, 15) is 4.79 Å². The molecule has 1 unspecified atom stereocenters. The summed E-state index contributed by atoms with van der Waals surface area (Å²) in [5, 5.41) is 3.11. The third-order valence-corrected chi connectivity index (χ3v) is 4.48. The number of carbonyl (C=O) groups is 1. The van der Waals surface area contributed by atoms with E-state index in [1.165, 1.54) is 32.1 Å². The Balaban J connectivity index is 1.92. The highest BCUT2D eigenvalue weighted by molar-refractivity contribution is 5.96. The third kappa shape index (κ3) is 5.24. The predicted molar refractivity (Wildman–Crippen MR) is 94.1 cm³/mol. The molecular formula is C19H30N2O2. The number of carbonyl (C=O) groups excluding carboxylic acids is 1. The topological polar surface area (TPSA) is 41.6 Å². The van der Waals surface area contributed by atoms with Crippen molar-refractivity contribution < 1.29 is 9.53 Å². The number of hydrogen-bond donors (Lipinski definition) is 1. The minimum absolute atomic E-state index is 0.0323. The van der Waals surface area contributed by atoms with Gasteiger partial charge < -0.3 is 10.1 Å². The summed E-state index contributed by atoms with van der Waals surface area (Å²) >= 11 is 0. The summed E-state index contributed by atoms with van der Waals surface area (Å²) in [6.45, 7) is 7.76. The first-order chi connectivity index (χ1) is 11.3. The number of benzene rings is 1. The van der Waals surface area contributed by atoms with Gasteiger partial charge in [-0.25, -0.2) is 0 Å². The standard InChI is InChI=1S/C19H30N2O2/c1-3-5-13-21-14-9-8-10-16(21)15-20-19(22)17-11-6-7-12-18(17)23-4-2/h6-7,11-12,16H,3-5,8-10,13-15H2,1-2H3,(H,20,22). The molecule has 0 radical (unpaired) electrons. The molecule has 1 aliphatic heterocycles. The van der Waals surface area contributed by atoms with Gasteiger partial charge in [0.15, 0.2) is 0 Å². The molecule has 0 spiro atoms. The van der Waals surface area contributed by atoms with Crippen LogP contribution < -0.4 is 10.1 Å². The van der Waals surface area contributed by atoms with Crippen LogP contribution in [0, 0.1) is 0 Å². The van der Waals surface area contributed by atoms with E-state index >= 15 is 0 Å². The monoisotopic (exact) mass is 318 g/mol. The summed E-state index contributed by atoms with van der Waals surface area (Å²) in [4.78, 5) is 15.0. The van der Waals surface area contributed by atoms with Gasteiger partial charge in [0.05, 0.1) is 12.2 Å². The SMILES string of the molecule is CCCCN1CCCCC1CNC(=O)c1ccccc1OCC. The van der Waals surface area contributed by atoms with Gasteiger partial charge in [0.25, 0.3) is 5.91 Å². The maximum Gasteiger partial charge on any atom is 0.255 e. The van der Waals surface area contributed by atoms with Crippen molar-refractivity contribution in [3.63, 3.8) is 0 Å². The fourth-order valence-electron chi connectivity index (χ4n) is 3.19. The molecule has 1 heterocycles. The molecule has 1 fully saturated rings. The molecule has 4 heteroatoms. The number of likely N-dealkylation sites (tertiary alicyclic amines) is 1. The highest BCUT2D eigenvalue weighted by atomic mass is 16.5. The van der Waals surface area contributed by atoms with E-state index in [0.717, 1.165) is 19.6 Å². The minimum Gasteiger partial charge on any atom is -0.493 e. The summed E-state index contributed by atoms with van der Waals surface area (Å²) < 4.78 is 5.55. The molecule has 1 amide bonds. The van der Waals surface area contributed by atoms with Gasteiger partial charge in [-0.3, -0.25) is 9.69 Å². The minimum atomic E-state index is -0.0323. The quantitative estimate of drug-likeness (QED) is 0.798. The zero-order valence-corrected chi connectivity index (χ0v) is 14.5. The van der Waals surface area contributed by atoms with Crippen LogP contribution >= 0.6 is 0 Å². The highest BCUT2D eigenvalue weighted by Crippen LogP contribution is 2.19. The first-order valence-corrected chi connectivity index (χ1v) is 9.00. The van der Waals surface area contributed by atoms with Gasteiger partial charge in [0.2, 0.25) is 0 Å². The van der Waals surface area contributed by atoms with Gasteiger partial charge in [-0.15, -0.1) is 0 Å². The van der Waals surface area contributed by atoms with Crippen molar-refractivity contribution in [2.75, 3.05) is 26.2 Å². The molecule has 1 aromatic carbocycles. The van der Waals surface area contributed by atoms with Crippen molar-refractivity contribution in [3.05, 3.63) is 29.8 Å². The van der Waals surface area contributed by atoms with Crippen molar-refractivity contribution in [1.82, 2.24) is 10.2 Å². The lowest BCUT2D eigenvalue weighted by atomic mass is 10.0. The smallest absolute Gasteiger partial charge is 0.255 e. The van der Waals surface area contributed by atoms with Crippen LogP contribution in [0.25, 0.3) is 0 Å². The number of nitrogens with one attached hydrogen (secondary N) is 1. The Hall–Kier alpha value is -1.55. The summed E-state index contributed by atoms with van der Waals surface area (Å²) in [5.41, 5.74) is 0.630. The van der Waals surface area contributed by atoms with E-state index in [-0.39, 0.29) is 5.91 Å². The molecule has 1 N–H and O–H groups in total. The molecule has 0 saturated carbocycles. The van der Waals surface area contributed by atoms with Crippen LogP contribution in [0.1, 0.15) is 56.3 Å². The lowest BCUT2D eigenvalue weighted by molar-refractivity contribution is 0.0909. The van der Waals surface area contributed by atoms with Gasteiger partial charge in [-0.05, 0) is 51.4 Å². The van der Waals surface area contributed by atoms with Gasteiger partial charge in [-0.2, -0.15) is 0 Å². The van der Waals surface area contributed by atoms with Crippen LogP contribution in [-0.2, 0) is 0 Å². The Labute approximate surface area is 140 Å². The molecule has 1 aromatic rings. The van der Waals surface area contributed by atoms with E-state index in [1.54, 1.807) is 0 Å². The number of unbranched alkanes of at least 4 members (excludes halogenated alkanes) is 1. The van der Waals surface area contributed by atoms with Gasteiger partial charge in [0, 0.05) is 12.6 Å². The number of rotatable bonds is 8. The number of piperidine rings is 1. The molecular weight excluding hydrogens is 288 g/mol. The molecule has 1 atom stereocenters. The van der Waals surface area contributed by atoms with Gasteiger partial charge in [0.1, 0.15) is 5.75 Å². The van der Waals surface area contributed by atoms with E-state index in [2.05, 4.69) is 17.1 Å². The highest BCUT2D eigenvalue weighted by Gasteiger charge is 2.22. The Bertz CT molecular complexity index is 490. The maximum atomic E-state index is 12.5. The number of amides is 1. The molecule has 0 aliphatic carbocycles. The largest absolute Gasteiger partial charge is 0.493 e. The molecule has 1 aliphatic rings. The second-order valence-electron chi connectivity index (χ2n) is 6.18. The molecule has 2 rings (SSSR count). The summed E-state index contributed by atoms with van der Waals surface area (Å²) in [5.74, 6) is 0.633. The van der Waals surface area contributed by atoms with Crippen LogP contribution in [-0.4, -0.2) is 43.1 Å². The number of para-hydroxylation sites is 1. The fourth-order valence-corrected chi connectivity index (χ4v) is 3.19. The summed E-state index contributed by atoms with van der Waals surface area (Å²) in [7, 11) is 0. The summed E-state index contributed by atoms with van der Waals surface area (Å²) in [6, 6.07) is 7.93. The second-order valence-corrected chi connectivity index (χ2v) is 6.18. The lowest BCUT2D eigenvalue weighted by Gasteiger charge is -2.35. The number of hydrogen-bond acceptors (Lipinski definition) is 3. The van der Waals surface area contributed by atoms with Crippen molar-refractivity contribution in [2.24, 2.45) is 0 Å². The van der Waals surface area contributed by atoms with Crippen LogP contribution in [0.4, 0.5) is 0 Å². The molecule has 1 saturated heterocycles.